The van der Waals surface area contributed by atoms with Gasteiger partial charge in [0, 0.05) is 31.6 Å². The number of fused-ring (bicyclic) bond motifs is 1. The summed E-state index contributed by atoms with van der Waals surface area (Å²) in [7, 11) is 0. The minimum atomic E-state index is -1.03. The molecule has 1 saturated carbocycles. The zero-order valence-electron chi connectivity index (χ0n) is 12.6. The molecule has 1 aromatic heterocycles. The first-order valence-corrected chi connectivity index (χ1v) is 8.74. The lowest BCUT2D eigenvalue weighted by atomic mass is 9.81. The summed E-state index contributed by atoms with van der Waals surface area (Å²) in [6.45, 7) is 1.57. The second kappa shape index (κ2) is 5.17. The van der Waals surface area contributed by atoms with Crippen LogP contribution in [0.1, 0.15) is 18.5 Å². The first kappa shape index (κ1) is 14.9. The Bertz CT molecular complexity index is 659. The highest BCUT2D eigenvalue weighted by molar-refractivity contribution is 7.13. The minimum absolute atomic E-state index is 0.0271. The molecule has 2 saturated heterocycles. The first-order chi connectivity index (χ1) is 11.0. The summed E-state index contributed by atoms with van der Waals surface area (Å²) in [6.07, 6.45) is 2.29. The number of hydrogen-bond donors (Lipinski definition) is 2. The van der Waals surface area contributed by atoms with Crippen LogP contribution < -0.4 is 4.90 Å². The number of carboxylic acid groups (broad SMARTS) is 1. The van der Waals surface area contributed by atoms with Crippen molar-refractivity contribution in [3.63, 3.8) is 0 Å². The lowest BCUT2D eigenvalue weighted by Gasteiger charge is -2.25. The highest BCUT2D eigenvalue weighted by Gasteiger charge is 2.62. The van der Waals surface area contributed by atoms with Gasteiger partial charge in [0.15, 0.2) is 5.13 Å². The third-order valence-electron chi connectivity index (χ3n) is 5.20. The number of aliphatic hydroxyl groups excluding tert-OH is 1. The lowest BCUT2D eigenvalue weighted by molar-refractivity contribution is -0.149. The van der Waals surface area contributed by atoms with Crippen LogP contribution in [0.2, 0.25) is 0 Å². The van der Waals surface area contributed by atoms with Crippen molar-refractivity contribution in [1.29, 1.82) is 0 Å². The largest absolute Gasteiger partial charge is 0.481 e. The second-order valence-corrected chi connectivity index (χ2v) is 7.67. The Morgan fingerprint density at radius 3 is 2.78 bits per heavy atom. The fourth-order valence-electron chi connectivity index (χ4n) is 3.73. The fourth-order valence-corrected chi connectivity index (χ4v) is 4.56. The van der Waals surface area contributed by atoms with Gasteiger partial charge in [0.2, 0.25) is 5.91 Å². The van der Waals surface area contributed by atoms with E-state index in [4.69, 9.17) is 5.11 Å². The van der Waals surface area contributed by atoms with E-state index in [0.29, 0.717) is 42.9 Å². The fraction of sp³-hybridized carbons (Fsp3) is 0.667. The lowest BCUT2D eigenvalue weighted by Crippen LogP contribution is -2.41. The molecule has 0 aromatic carbocycles. The van der Waals surface area contributed by atoms with Crippen LogP contribution in [0.5, 0.6) is 0 Å². The second-order valence-electron chi connectivity index (χ2n) is 6.84. The van der Waals surface area contributed by atoms with Crippen molar-refractivity contribution in [3.8, 4) is 0 Å². The maximum atomic E-state index is 12.7. The van der Waals surface area contributed by atoms with Crippen LogP contribution in [-0.4, -0.2) is 58.2 Å². The number of aliphatic hydroxyl groups is 1. The third-order valence-corrected chi connectivity index (χ3v) is 6.15. The Balaban J connectivity index is 1.58. The highest BCUT2D eigenvalue weighted by Crippen LogP contribution is 2.46. The SMILES string of the molecule is O=C1[C@@H]2CN(c3nc(CO)cs3)C[C@]2(C(=O)O)CN1CC1CC1. The molecule has 23 heavy (non-hydrogen) atoms. The molecule has 3 heterocycles. The average Bonchev–Trinajstić information content (AvgIpc) is 2.98. The molecule has 2 atom stereocenters. The molecule has 3 aliphatic rings. The van der Waals surface area contributed by atoms with Gasteiger partial charge >= 0.3 is 5.97 Å². The normalized spacial score (nSPS) is 30.1. The Hall–Kier alpha value is -1.67. The van der Waals surface area contributed by atoms with Crippen molar-refractivity contribution in [3.05, 3.63) is 11.1 Å². The molecule has 0 radical (unpaired) electrons. The molecule has 1 amide bonds. The number of likely N-dealkylation sites (tertiary alicyclic amines) is 1. The van der Waals surface area contributed by atoms with Crippen LogP contribution >= 0.6 is 11.3 Å². The van der Waals surface area contributed by atoms with Crippen molar-refractivity contribution in [2.45, 2.75) is 19.4 Å². The number of carbonyl (C=O) groups excluding carboxylic acids is 1. The molecule has 0 unspecified atom stereocenters. The molecule has 124 valence electrons. The number of hydrogen-bond acceptors (Lipinski definition) is 6. The van der Waals surface area contributed by atoms with Gasteiger partial charge < -0.3 is 20.0 Å². The van der Waals surface area contributed by atoms with E-state index in [1.54, 1.807) is 10.3 Å². The third kappa shape index (κ3) is 2.31. The van der Waals surface area contributed by atoms with Crippen molar-refractivity contribution in [2.24, 2.45) is 17.3 Å². The molecule has 4 rings (SSSR count). The number of carboxylic acids is 1. The van der Waals surface area contributed by atoms with Crippen LogP contribution in [-0.2, 0) is 16.2 Å². The standard InChI is InChI=1S/C15H19N3O4S/c19-5-10-6-23-14(16-10)18-4-11-12(20)17(3-9-1-2-9)7-15(11,8-18)13(21)22/h6,9,11,19H,1-5,7-8H2,(H,21,22)/t11-,15+/m0/s1. The van der Waals surface area contributed by atoms with Crippen molar-refractivity contribution in [1.82, 2.24) is 9.88 Å². The van der Waals surface area contributed by atoms with Crippen LogP contribution in [0.4, 0.5) is 5.13 Å². The van der Waals surface area contributed by atoms with Crippen molar-refractivity contribution < 1.29 is 19.8 Å². The molecule has 2 aliphatic heterocycles. The van der Waals surface area contributed by atoms with Gasteiger partial charge in [-0.2, -0.15) is 0 Å². The van der Waals surface area contributed by atoms with Gasteiger partial charge in [-0.05, 0) is 18.8 Å². The van der Waals surface area contributed by atoms with E-state index in [0.717, 1.165) is 12.8 Å². The maximum absolute atomic E-state index is 12.7. The molecule has 1 aromatic rings. The Morgan fingerprint density at radius 2 is 2.22 bits per heavy atom. The van der Waals surface area contributed by atoms with Gasteiger partial charge in [-0.25, -0.2) is 4.98 Å². The molecular formula is C15H19N3O4S. The monoisotopic (exact) mass is 337 g/mol. The number of carbonyl (C=O) groups is 2. The Morgan fingerprint density at radius 1 is 1.43 bits per heavy atom. The van der Waals surface area contributed by atoms with Crippen LogP contribution in [0, 0.1) is 17.3 Å². The number of rotatable bonds is 5. The van der Waals surface area contributed by atoms with E-state index in [1.807, 2.05) is 4.90 Å². The molecule has 0 spiro atoms. The predicted molar refractivity (Wildman–Crippen MR) is 83.1 cm³/mol. The molecule has 2 N–H and O–H groups in total. The van der Waals surface area contributed by atoms with Crippen LogP contribution in [0.15, 0.2) is 5.38 Å². The highest BCUT2D eigenvalue weighted by atomic mass is 32.1. The van der Waals surface area contributed by atoms with E-state index >= 15 is 0 Å². The number of amides is 1. The first-order valence-electron chi connectivity index (χ1n) is 7.86. The summed E-state index contributed by atoms with van der Waals surface area (Å²) in [5, 5.41) is 21.4. The van der Waals surface area contributed by atoms with Gasteiger partial charge in [-0.3, -0.25) is 9.59 Å². The number of thiazole rings is 1. The smallest absolute Gasteiger partial charge is 0.314 e. The predicted octanol–water partition coefficient (Wildman–Crippen LogP) is 0.395. The zero-order valence-corrected chi connectivity index (χ0v) is 13.5. The van der Waals surface area contributed by atoms with Gasteiger partial charge in [0.1, 0.15) is 5.41 Å². The van der Waals surface area contributed by atoms with Gasteiger partial charge in [-0.15, -0.1) is 11.3 Å². The summed E-state index contributed by atoms with van der Waals surface area (Å²) in [5.74, 6) is -0.859. The van der Waals surface area contributed by atoms with Gasteiger partial charge in [0.05, 0.1) is 18.2 Å². The number of aromatic nitrogens is 1. The maximum Gasteiger partial charge on any atom is 0.314 e. The number of aliphatic carboxylic acids is 1. The van der Waals surface area contributed by atoms with E-state index in [-0.39, 0.29) is 12.5 Å². The minimum Gasteiger partial charge on any atom is -0.481 e. The molecule has 3 fully saturated rings. The number of nitrogens with zero attached hydrogens (tertiary/aromatic N) is 3. The Labute approximate surface area is 137 Å². The van der Waals surface area contributed by atoms with Gasteiger partial charge in [-0.1, -0.05) is 0 Å². The molecule has 7 nitrogen and oxygen atoms in total. The molecule has 0 bridgehead atoms. The average molecular weight is 337 g/mol. The van der Waals surface area contributed by atoms with E-state index < -0.39 is 17.3 Å². The van der Waals surface area contributed by atoms with E-state index in [9.17, 15) is 14.7 Å². The number of anilines is 1. The summed E-state index contributed by atoms with van der Waals surface area (Å²) < 4.78 is 0. The summed E-state index contributed by atoms with van der Waals surface area (Å²) >= 11 is 1.38. The van der Waals surface area contributed by atoms with E-state index in [2.05, 4.69) is 4.98 Å². The Kier molecular flexibility index (Phi) is 3.35. The topological polar surface area (TPSA) is 94.0 Å². The summed E-state index contributed by atoms with van der Waals surface area (Å²) in [5.41, 5.74) is -0.454. The summed E-state index contributed by atoms with van der Waals surface area (Å²) in [4.78, 5) is 32.6. The quantitative estimate of drug-likeness (QED) is 0.807. The molecule has 8 heteroatoms. The van der Waals surface area contributed by atoms with Crippen molar-refractivity contribution >= 4 is 28.3 Å². The van der Waals surface area contributed by atoms with Crippen molar-refractivity contribution in [2.75, 3.05) is 31.1 Å². The van der Waals surface area contributed by atoms with E-state index in [1.165, 1.54) is 11.3 Å². The van der Waals surface area contributed by atoms with Gasteiger partial charge in [0.25, 0.3) is 0 Å². The summed E-state index contributed by atoms with van der Waals surface area (Å²) in [6, 6.07) is 0. The molecule has 1 aliphatic carbocycles. The molecular weight excluding hydrogens is 318 g/mol. The zero-order chi connectivity index (χ0) is 16.2. The van der Waals surface area contributed by atoms with Crippen LogP contribution in [0.3, 0.4) is 0 Å². The van der Waals surface area contributed by atoms with Crippen LogP contribution in [0.25, 0.3) is 0 Å².